The van der Waals surface area contributed by atoms with Crippen LogP contribution in [0.25, 0.3) is 0 Å². The number of rotatable bonds is 17. The lowest BCUT2D eigenvalue weighted by Crippen LogP contribution is -2.54. The van der Waals surface area contributed by atoms with E-state index < -0.39 is 5.97 Å². The lowest BCUT2D eigenvalue weighted by Gasteiger charge is -2.34. The van der Waals surface area contributed by atoms with Crippen molar-refractivity contribution in [3.63, 3.8) is 0 Å². The summed E-state index contributed by atoms with van der Waals surface area (Å²) in [6, 6.07) is -0.388. The second-order valence-electron chi connectivity index (χ2n) is 8.32. The van der Waals surface area contributed by atoms with E-state index in [9.17, 15) is 9.90 Å². The molecule has 1 unspecified atom stereocenters. The topological polar surface area (TPSA) is 40.1 Å². The highest BCUT2D eigenvalue weighted by molar-refractivity contribution is 5.69. The number of aliphatic carboxylic acids is 1. The normalized spacial score (nSPS) is 13.7. The number of carboxylic acid groups (broad SMARTS) is 1. The van der Waals surface area contributed by atoms with Gasteiger partial charge in [-0.2, -0.15) is 0 Å². The predicted octanol–water partition coefficient (Wildman–Crippen LogP) is 5.01. The van der Waals surface area contributed by atoms with Gasteiger partial charge in [0.25, 0.3) is 0 Å². The first-order valence-corrected chi connectivity index (χ1v) is 10.7. The summed E-state index contributed by atoms with van der Waals surface area (Å²) in [5, 5.41) is 11.2. The van der Waals surface area contributed by atoms with E-state index >= 15 is 0 Å². The SMILES string of the molecule is CCCCC/C=C\C/C=C\CCCCCCCCC(C(=O)[O-])[N+](C)(C)C. The van der Waals surface area contributed by atoms with E-state index in [1.165, 1.54) is 57.8 Å². The molecular weight excluding hydrogens is 322 g/mol. The molecule has 152 valence electrons. The van der Waals surface area contributed by atoms with Crippen LogP contribution in [0.15, 0.2) is 24.3 Å². The van der Waals surface area contributed by atoms with Crippen LogP contribution in [-0.2, 0) is 4.79 Å². The molecule has 1 atom stereocenters. The molecular formula is C23H43NO2. The van der Waals surface area contributed by atoms with Crippen LogP contribution in [0.4, 0.5) is 0 Å². The Bertz CT molecular complexity index is 394. The molecule has 0 N–H and O–H groups in total. The van der Waals surface area contributed by atoms with E-state index in [1.807, 2.05) is 21.1 Å². The summed E-state index contributed by atoms with van der Waals surface area (Å²) in [5.41, 5.74) is 0. The summed E-state index contributed by atoms with van der Waals surface area (Å²) in [7, 11) is 5.78. The zero-order valence-corrected chi connectivity index (χ0v) is 17.8. The summed E-state index contributed by atoms with van der Waals surface area (Å²) in [6.45, 7) is 2.24. The molecule has 0 heterocycles. The van der Waals surface area contributed by atoms with Crippen molar-refractivity contribution >= 4 is 5.97 Å². The van der Waals surface area contributed by atoms with Gasteiger partial charge < -0.3 is 14.4 Å². The maximum absolute atomic E-state index is 11.2. The molecule has 3 nitrogen and oxygen atoms in total. The third-order valence-electron chi connectivity index (χ3n) is 4.89. The Labute approximate surface area is 162 Å². The Hall–Kier alpha value is -1.09. The van der Waals surface area contributed by atoms with Gasteiger partial charge in [-0.3, -0.25) is 0 Å². The van der Waals surface area contributed by atoms with Crippen molar-refractivity contribution in [2.24, 2.45) is 0 Å². The summed E-state index contributed by atoms with van der Waals surface area (Å²) < 4.78 is 0.447. The smallest absolute Gasteiger partial charge is 0.129 e. The molecule has 0 saturated heterocycles. The maximum Gasteiger partial charge on any atom is 0.129 e. The number of carbonyl (C=O) groups excluding carboxylic acids is 1. The largest absolute Gasteiger partial charge is 0.544 e. The van der Waals surface area contributed by atoms with Crippen molar-refractivity contribution in [1.82, 2.24) is 0 Å². The lowest BCUT2D eigenvalue weighted by atomic mass is 10.0. The van der Waals surface area contributed by atoms with Gasteiger partial charge in [0.1, 0.15) is 6.04 Å². The number of nitrogens with zero attached hydrogens (tertiary/aromatic N) is 1. The van der Waals surface area contributed by atoms with Crippen LogP contribution in [0.2, 0.25) is 0 Å². The van der Waals surface area contributed by atoms with Gasteiger partial charge in [0.2, 0.25) is 0 Å². The van der Waals surface area contributed by atoms with E-state index in [0.717, 1.165) is 25.7 Å². The molecule has 0 aliphatic carbocycles. The van der Waals surface area contributed by atoms with Crippen molar-refractivity contribution in [1.29, 1.82) is 0 Å². The molecule has 0 radical (unpaired) electrons. The number of likely N-dealkylation sites (N-methyl/N-ethyl adjacent to an activating group) is 1. The molecule has 0 fully saturated rings. The number of carbonyl (C=O) groups is 1. The zero-order valence-electron chi connectivity index (χ0n) is 17.8. The predicted molar refractivity (Wildman–Crippen MR) is 111 cm³/mol. The van der Waals surface area contributed by atoms with Gasteiger partial charge in [-0.15, -0.1) is 0 Å². The highest BCUT2D eigenvalue weighted by atomic mass is 16.4. The van der Waals surface area contributed by atoms with Crippen LogP contribution in [-0.4, -0.2) is 37.6 Å². The fraction of sp³-hybridized carbons (Fsp3) is 0.783. The lowest BCUT2D eigenvalue weighted by molar-refractivity contribution is -0.889. The number of unbranched alkanes of at least 4 members (excludes halogenated alkanes) is 9. The Kier molecular flexibility index (Phi) is 15.4. The second-order valence-corrected chi connectivity index (χ2v) is 8.32. The zero-order chi connectivity index (χ0) is 19.7. The Morgan fingerprint density at radius 2 is 1.31 bits per heavy atom. The summed E-state index contributed by atoms with van der Waals surface area (Å²) in [6.07, 6.45) is 24.4. The standard InChI is InChI=1S/C23H43NO2/c1-5-6-7-8-9-10-11-12-13-14-15-16-17-18-19-20-21-22(23(25)26)24(2,3)4/h9-10,12-13,22H,5-8,11,14-21H2,1-4H3/b10-9-,13-12-. The van der Waals surface area contributed by atoms with Crippen molar-refractivity contribution in [2.45, 2.75) is 96.4 Å². The van der Waals surface area contributed by atoms with Crippen LogP contribution >= 0.6 is 0 Å². The fourth-order valence-corrected chi connectivity index (χ4v) is 3.15. The van der Waals surface area contributed by atoms with Crippen LogP contribution in [0.3, 0.4) is 0 Å². The van der Waals surface area contributed by atoms with E-state index in [1.54, 1.807) is 0 Å². The summed E-state index contributed by atoms with van der Waals surface area (Å²) in [4.78, 5) is 11.2. The number of carboxylic acids is 1. The van der Waals surface area contributed by atoms with Gasteiger partial charge in [0, 0.05) is 6.42 Å². The molecule has 0 amide bonds. The van der Waals surface area contributed by atoms with Crippen LogP contribution in [0, 0.1) is 0 Å². The van der Waals surface area contributed by atoms with Gasteiger partial charge in [0.05, 0.1) is 27.1 Å². The van der Waals surface area contributed by atoms with E-state index in [4.69, 9.17) is 0 Å². The van der Waals surface area contributed by atoms with Crippen molar-refractivity contribution in [2.75, 3.05) is 21.1 Å². The van der Waals surface area contributed by atoms with E-state index in [0.29, 0.717) is 4.48 Å². The average molecular weight is 366 g/mol. The van der Waals surface area contributed by atoms with Gasteiger partial charge in [-0.25, -0.2) is 0 Å². The molecule has 0 aromatic heterocycles. The van der Waals surface area contributed by atoms with Gasteiger partial charge in [-0.1, -0.05) is 69.8 Å². The van der Waals surface area contributed by atoms with Crippen molar-refractivity contribution in [3.05, 3.63) is 24.3 Å². The Balaban J connectivity index is 3.48. The molecule has 0 spiro atoms. The van der Waals surface area contributed by atoms with Gasteiger partial charge in [-0.05, 0) is 38.5 Å². The average Bonchev–Trinajstić information content (AvgIpc) is 2.56. The number of quaternary nitrogens is 1. The first-order chi connectivity index (χ1) is 12.4. The maximum atomic E-state index is 11.2. The van der Waals surface area contributed by atoms with Gasteiger partial charge in [0.15, 0.2) is 0 Å². The molecule has 0 aliphatic rings. The second kappa shape index (κ2) is 16.1. The number of hydrogen-bond acceptors (Lipinski definition) is 2. The molecule has 26 heavy (non-hydrogen) atoms. The molecule has 0 saturated carbocycles. The molecule has 0 aliphatic heterocycles. The summed E-state index contributed by atoms with van der Waals surface area (Å²) >= 11 is 0. The van der Waals surface area contributed by atoms with E-state index in [-0.39, 0.29) is 6.04 Å². The van der Waals surface area contributed by atoms with Crippen molar-refractivity contribution < 1.29 is 14.4 Å². The van der Waals surface area contributed by atoms with Crippen LogP contribution in [0.5, 0.6) is 0 Å². The molecule has 0 aromatic carbocycles. The van der Waals surface area contributed by atoms with Crippen LogP contribution < -0.4 is 5.11 Å². The molecule has 0 aromatic rings. The first kappa shape index (κ1) is 24.9. The Morgan fingerprint density at radius 1 is 0.808 bits per heavy atom. The quantitative estimate of drug-likeness (QED) is 0.206. The monoisotopic (exact) mass is 365 g/mol. The van der Waals surface area contributed by atoms with Crippen LogP contribution in [0.1, 0.15) is 90.4 Å². The molecule has 3 heteroatoms. The van der Waals surface area contributed by atoms with Gasteiger partial charge >= 0.3 is 0 Å². The highest BCUT2D eigenvalue weighted by Crippen LogP contribution is 2.14. The molecule has 0 rings (SSSR count). The van der Waals surface area contributed by atoms with E-state index in [2.05, 4.69) is 31.2 Å². The molecule has 0 bridgehead atoms. The minimum atomic E-state index is -0.917. The number of allylic oxidation sites excluding steroid dienone is 4. The fourth-order valence-electron chi connectivity index (χ4n) is 3.15. The Morgan fingerprint density at radius 3 is 1.81 bits per heavy atom. The third-order valence-corrected chi connectivity index (χ3v) is 4.89. The highest BCUT2D eigenvalue weighted by Gasteiger charge is 2.24. The number of hydrogen-bond donors (Lipinski definition) is 0. The first-order valence-electron chi connectivity index (χ1n) is 10.7. The summed E-state index contributed by atoms with van der Waals surface area (Å²) in [5.74, 6) is -0.917. The minimum absolute atomic E-state index is 0.388. The minimum Gasteiger partial charge on any atom is -0.544 e. The third kappa shape index (κ3) is 15.2. The van der Waals surface area contributed by atoms with Crippen molar-refractivity contribution in [3.8, 4) is 0 Å².